The second-order valence-corrected chi connectivity index (χ2v) is 3.74. The minimum atomic E-state index is 0.00646. The number of likely N-dealkylation sites (tertiary alicyclic amines) is 1. The molecule has 0 aliphatic carbocycles. The normalized spacial score (nSPS) is 45.8. The highest BCUT2D eigenvalue weighted by atomic mass is 16.7. The number of hydrogen-bond acceptors (Lipinski definition) is 3. The molecule has 0 spiro atoms. The first kappa shape index (κ1) is 7.53. The fourth-order valence-corrected chi connectivity index (χ4v) is 1.79. The van der Waals surface area contributed by atoms with Gasteiger partial charge < -0.3 is 14.4 Å². The van der Waals surface area contributed by atoms with Crippen LogP contribution in [0, 0.1) is 0 Å². The third-order valence-corrected chi connectivity index (χ3v) is 2.81. The van der Waals surface area contributed by atoms with Crippen LogP contribution in [0.25, 0.3) is 0 Å². The molecule has 11 heavy (non-hydrogen) atoms. The summed E-state index contributed by atoms with van der Waals surface area (Å²) in [6, 6.07) is 0. The van der Waals surface area contributed by atoms with E-state index in [0.29, 0.717) is 12.9 Å². The third kappa shape index (κ3) is 1.17. The van der Waals surface area contributed by atoms with Gasteiger partial charge in [-0.3, -0.25) is 0 Å². The van der Waals surface area contributed by atoms with Crippen molar-refractivity contribution in [1.29, 1.82) is 0 Å². The molecule has 2 heterocycles. The molecule has 2 aliphatic heterocycles. The van der Waals surface area contributed by atoms with Gasteiger partial charge in [-0.2, -0.15) is 0 Å². The lowest BCUT2D eigenvalue weighted by atomic mass is 9.91. The summed E-state index contributed by atoms with van der Waals surface area (Å²) in [6.07, 6.45) is 1.38. The molecule has 64 valence electrons. The Morgan fingerprint density at radius 1 is 1.55 bits per heavy atom. The summed E-state index contributed by atoms with van der Waals surface area (Å²) in [5.41, 5.74) is 0.00646. The molecule has 0 aromatic rings. The Morgan fingerprint density at radius 2 is 2.36 bits per heavy atom. The van der Waals surface area contributed by atoms with Crippen LogP contribution in [0.1, 0.15) is 13.3 Å². The second-order valence-electron chi connectivity index (χ2n) is 3.74. The monoisotopic (exact) mass is 157 g/mol. The average Bonchev–Trinajstić information content (AvgIpc) is 2.31. The highest BCUT2D eigenvalue weighted by Crippen LogP contribution is 2.32. The van der Waals surface area contributed by atoms with Gasteiger partial charge in [-0.1, -0.05) is 0 Å². The van der Waals surface area contributed by atoms with E-state index in [0.717, 1.165) is 19.5 Å². The summed E-state index contributed by atoms with van der Waals surface area (Å²) in [5, 5.41) is 0. The number of ether oxygens (including phenoxy) is 2. The molecule has 2 aliphatic rings. The fourth-order valence-electron chi connectivity index (χ4n) is 1.79. The van der Waals surface area contributed by atoms with Crippen molar-refractivity contribution in [3.63, 3.8) is 0 Å². The predicted octanol–water partition coefficient (Wildman–Crippen LogP) is 0.454. The van der Waals surface area contributed by atoms with Crippen LogP contribution >= 0.6 is 0 Å². The lowest BCUT2D eigenvalue weighted by molar-refractivity contribution is -0.0241. The summed E-state index contributed by atoms with van der Waals surface area (Å²) in [4.78, 5) is 2.29. The molecule has 3 heteroatoms. The van der Waals surface area contributed by atoms with Gasteiger partial charge in [0, 0.05) is 13.1 Å². The van der Waals surface area contributed by atoms with Crippen LogP contribution in [0.4, 0.5) is 0 Å². The summed E-state index contributed by atoms with van der Waals surface area (Å²) in [7, 11) is 2.13. The third-order valence-electron chi connectivity index (χ3n) is 2.81. The highest BCUT2D eigenvalue weighted by molar-refractivity contribution is 4.93. The zero-order valence-corrected chi connectivity index (χ0v) is 7.17. The molecular formula is C8H15NO2. The van der Waals surface area contributed by atoms with Gasteiger partial charge in [-0.15, -0.1) is 0 Å². The average molecular weight is 157 g/mol. The van der Waals surface area contributed by atoms with E-state index in [1.54, 1.807) is 0 Å². The van der Waals surface area contributed by atoms with Gasteiger partial charge in [0.2, 0.25) is 0 Å². The van der Waals surface area contributed by atoms with E-state index < -0.39 is 0 Å². The number of fused-ring (bicyclic) bond motifs is 1. The lowest BCUT2D eigenvalue weighted by Crippen LogP contribution is -2.50. The maximum atomic E-state index is 5.54. The second kappa shape index (κ2) is 2.44. The molecule has 2 rings (SSSR count). The van der Waals surface area contributed by atoms with E-state index in [1.807, 2.05) is 0 Å². The van der Waals surface area contributed by atoms with Crippen molar-refractivity contribution >= 4 is 0 Å². The molecular weight excluding hydrogens is 142 g/mol. The summed E-state index contributed by atoms with van der Waals surface area (Å²) in [6.45, 7) is 4.76. The van der Waals surface area contributed by atoms with Crippen LogP contribution < -0.4 is 0 Å². The van der Waals surface area contributed by atoms with Crippen LogP contribution in [0.3, 0.4) is 0 Å². The van der Waals surface area contributed by atoms with Crippen molar-refractivity contribution in [3.05, 3.63) is 0 Å². The largest absolute Gasteiger partial charge is 0.348 e. The maximum absolute atomic E-state index is 5.54. The minimum absolute atomic E-state index is 0.00646. The first-order chi connectivity index (χ1) is 5.21. The van der Waals surface area contributed by atoms with Crippen molar-refractivity contribution in [2.45, 2.75) is 25.0 Å². The molecule has 0 N–H and O–H groups in total. The van der Waals surface area contributed by atoms with E-state index in [9.17, 15) is 0 Å². The number of hydrogen-bond donors (Lipinski definition) is 0. The Labute approximate surface area is 67.3 Å². The van der Waals surface area contributed by atoms with Crippen molar-refractivity contribution in [3.8, 4) is 0 Å². The topological polar surface area (TPSA) is 21.7 Å². The van der Waals surface area contributed by atoms with Crippen LogP contribution in [0.15, 0.2) is 0 Å². The number of nitrogens with zero attached hydrogens (tertiary/aromatic N) is 1. The van der Waals surface area contributed by atoms with Gasteiger partial charge >= 0.3 is 0 Å². The van der Waals surface area contributed by atoms with Gasteiger partial charge in [0.15, 0.2) is 0 Å². The molecule has 0 aromatic carbocycles. The van der Waals surface area contributed by atoms with Crippen molar-refractivity contribution in [1.82, 2.24) is 4.90 Å². The number of likely N-dealkylation sites (N-methyl/N-ethyl adjacent to an activating group) is 1. The van der Waals surface area contributed by atoms with Crippen LogP contribution in [0.5, 0.6) is 0 Å². The van der Waals surface area contributed by atoms with Crippen molar-refractivity contribution in [2.75, 3.05) is 26.9 Å². The van der Waals surface area contributed by atoms with E-state index in [-0.39, 0.29) is 5.60 Å². The molecule has 0 bridgehead atoms. The molecule has 0 radical (unpaired) electrons. The van der Waals surface area contributed by atoms with Crippen LogP contribution in [-0.4, -0.2) is 43.5 Å². The van der Waals surface area contributed by atoms with E-state index in [2.05, 4.69) is 18.9 Å². The lowest BCUT2D eigenvalue weighted by Gasteiger charge is -2.37. The van der Waals surface area contributed by atoms with Crippen LogP contribution in [-0.2, 0) is 9.47 Å². The number of rotatable bonds is 0. The number of piperidine rings is 1. The SMILES string of the molecule is CN1CC[C@@]2(C)OCO[C@H]2C1. The Morgan fingerprint density at radius 3 is 3.18 bits per heavy atom. The smallest absolute Gasteiger partial charge is 0.148 e. The Balaban J connectivity index is 2.08. The van der Waals surface area contributed by atoms with Crippen molar-refractivity contribution in [2.24, 2.45) is 0 Å². The summed E-state index contributed by atoms with van der Waals surface area (Å²) < 4.78 is 11.0. The Bertz CT molecular complexity index is 162. The standard InChI is InChI=1S/C8H15NO2/c1-8-3-4-9(2)5-7(8)10-6-11-8/h7H,3-6H2,1-2H3/t7-,8+/m0/s1. The van der Waals surface area contributed by atoms with E-state index >= 15 is 0 Å². The molecule has 2 atom stereocenters. The molecule has 0 unspecified atom stereocenters. The first-order valence-corrected chi connectivity index (χ1v) is 4.15. The molecule has 2 fully saturated rings. The van der Waals surface area contributed by atoms with Gasteiger partial charge in [-0.05, 0) is 20.4 Å². The van der Waals surface area contributed by atoms with Crippen molar-refractivity contribution < 1.29 is 9.47 Å². The van der Waals surface area contributed by atoms with E-state index in [1.165, 1.54) is 0 Å². The quantitative estimate of drug-likeness (QED) is 0.509. The van der Waals surface area contributed by atoms with Gasteiger partial charge in [0.25, 0.3) is 0 Å². The fraction of sp³-hybridized carbons (Fsp3) is 1.00. The molecule has 0 saturated carbocycles. The van der Waals surface area contributed by atoms with Gasteiger partial charge in [0.05, 0.1) is 5.60 Å². The Kier molecular flexibility index (Phi) is 1.67. The molecule has 2 saturated heterocycles. The first-order valence-electron chi connectivity index (χ1n) is 4.15. The highest BCUT2D eigenvalue weighted by Gasteiger charge is 2.44. The van der Waals surface area contributed by atoms with E-state index in [4.69, 9.17) is 9.47 Å². The zero-order valence-electron chi connectivity index (χ0n) is 7.17. The van der Waals surface area contributed by atoms with Gasteiger partial charge in [0.1, 0.15) is 12.9 Å². The van der Waals surface area contributed by atoms with Gasteiger partial charge in [-0.25, -0.2) is 0 Å². The predicted molar refractivity (Wildman–Crippen MR) is 41.3 cm³/mol. The zero-order chi connectivity index (χ0) is 7.90. The summed E-state index contributed by atoms with van der Waals surface area (Å²) >= 11 is 0. The maximum Gasteiger partial charge on any atom is 0.148 e. The minimum Gasteiger partial charge on any atom is -0.348 e. The molecule has 0 amide bonds. The molecule has 0 aromatic heterocycles. The Hall–Kier alpha value is -0.120. The van der Waals surface area contributed by atoms with Crippen LogP contribution in [0.2, 0.25) is 0 Å². The summed E-state index contributed by atoms with van der Waals surface area (Å²) in [5.74, 6) is 0. The molecule has 3 nitrogen and oxygen atoms in total.